The molecule has 0 radical (unpaired) electrons. The molecular weight excluding hydrogens is 292 g/mol. The Morgan fingerprint density at radius 3 is 2.78 bits per heavy atom. The summed E-state index contributed by atoms with van der Waals surface area (Å²) >= 11 is 3.48. The van der Waals surface area contributed by atoms with Gasteiger partial charge in [0.05, 0.1) is 6.04 Å². The first kappa shape index (κ1) is 12.1. The fourth-order valence-electron chi connectivity index (χ4n) is 2.81. The first-order chi connectivity index (χ1) is 8.75. The zero-order valence-corrected chi connectivity index (χ0v) is 11.8. The first-order valence-electron chi connectivity index (χ1n) is 6.51. The van der Waals surface area contributed by atoms with E-state index in [9.17, 15) is 0 Å². The Labute approximate surface area is 115 Å². The van der Waals surface area contributed by atoms with Crippen molar-refractivity contribution in [3.63, 3.8) is 0 Å². The summed E-state index contributed by atoms with van der Waals surface area (Å²) in [6.07, 6.45) is 8.34. The van der Waals surface area contributed by atoms with E-state index in [0.29, 0.717) is 5.92 Å². The van der Waals surface area contributed by atoms with Crippen LogP contribution in [0.5, 0.6) is 0 Å². The van der Waals surface area contributed by atoms with E-state index < -0.39 is 0 Å². The lowest BCUT2D eigenvalue weighted by Gasteiger charge is -2.26. The van der Waals surface area contributed by atoms with Crippen LogP contribution in [0.4, 0.5) is 0 Å². The van der Waals surface area contributed by atoms with Gasteiger partial charge in [-0.3, -0.25) is 4.40 Å². The molecule has 3 rings (SSSR count). The Kier molecular flexibility index (Phi) is 3.35. The van der Waals surface area contributed by atoms with Crippen LogP contribution >= 0.6 is 15.9 Å². The van der Waals surface area contributed by atoms with E-state index in [0.717, 1.165) is 15.9 Å². The summed E-state index contributed by atoms with van der Waals surface area (Å²) in [6.45, 7) is 0. The molecule has 5 heteroatoms. The van der Waals surface area contributed by atoms with Gasteiger partial charge >= 0.3 is 0 Å². The van der Waals surface area contributed by atoms with Crippen molar-refractivity contribution in [3.05, 3.63) is 28.6 Å². The van der Waals surface area contributed by atoms with Crippen LogP contribution in [0.2, 0.25) is 0 Å². The highest BCUT2D eigenvalue weighted by Gasteiger charge is 2.25. The van der Waals surface area contributed by atoms with E-state index in [1.54, 1.807) is 0 Å². The number of fused-ring (bicyclic) bond motifs is 1. The van der Waals surface area contributed by atoms with Crippen molar-refractivity contribution in [2.75, 3.05) is 0 Å². The van der Waals surface area contributed by atoms with Crippen LogP contribution in [0.15, 0.2) is 22.8 Å². The molecule has 0 spiro atoms. The van der Waals surface area contributed by atoms with Gasteiger partial charge < -0.3 is 5.73 Å². The summed E-state index contributed by atoms with van der Waals surface area (Å²) in [7, 11) is 0. The number of nitrogens with zero attached hydrogens (tertiary/aromatic N) is 3. The molecule has 0 bridgehead atoms. The third-order valence-corrected chi connectivity index (χ3v) is 4.32. The molecule has 0 saturated heterocycles. The van der Waals surface area contributed by atoms with Crippen molar-refractivity contribution >= 4 is 21.6 Å². The summed E-state index contributed by atoms with van der Waals surface area (Å²) in [4.78, 5) is 0. The first-order valence-corrected chi connectivity index (χ1v) is 7.31. The van der Waals surface area contributed by atoms with Gasteiger partial charge in [0.25, 0.3) is 0 Å². The standard InChI is InChI=1S/C13H17BrN4/c14-10-6-7-11-16-17-13(18(11)8-10)12(15)9-4-2-1-3-5-9/h6-9,12H,1-5,15H2. The van der Waals surface area contributed by atoms with Crippen LogP contribution < -0.4 is 5.73 Å². The molecule has 2 heterocycles. The topological polar surface area (TPSA) is 56.2 Å². The fourth-order valence-corrected chi connectivity index (χ4v) is 3.15. The van der Waals surface area contributed by atoms with Crippen molar-refractivity contribution < 1.29 is 0 Å². The Balaban J connectivity index is 1.95. The molecule has 0 amide bonds. The lowest BCUT2D eigenvalue weighted by Crippen LogP contribution is -2.25. The minimum Gasteiger partial charge on any atom is -0.321 e. The molecule has 2 aromatic rings. The molecule has 1 aliphatic carbocycles. The Bertz CT molecular complexity index is 545. The lowest BCUT2D eigenvalue weighted by atomic mass is 9.84. The van der Waals surface area contributed by atoms with Crippen molar-refractivity contribution in [2.24, 2.45) is 11.7 Å². The van der Waals surface area contributed by atoms with E-state index in [-0.39, 0.29) is 6.04 Å². The third kappa shape index (κ3) is 2.17. The number of halogens is 1. The van der Waals surface area contributed by atoms with Crippen LogP contribution in [0.1, 0.15) is 44.0 Å². The quantitative estimate of drug-likeness (QED) is 0.927. The van der Waals surface area contributed by atoms with Crippen molar-refractivity contribution in [3.8, 4) is 0 Å². The number of rotatable bonds is 2. The zero-order chi connectivity index (χ0) is 12.5. The summed E-state index contributed by atoms with van der Waals surface area (Å²) in [5, 5.41) is 8.47. The zero-order valence-electron chi connectivity index (χ0n) is 10.2. The average Bonchev–Trinajstić information content (AvgIpc) is 2.82. The fraction of sp³-hybridized carbons (Fsp3) is 0.538. The molecule has 0 aromatic carbocycles. The van der Waals surface area contributed by atoms with E-state index in [1.165, 1.54) is 32.1 Å². The third-order valence-electron chi connectivity index (χ3n) is 3.85. The second-order valence-corrected chi connectivity index (χ2v) is 5.97. The van der Waals surface area contributed by atoms with Gasteiger partial charge in [-0.25, -0.2) is 0 Å². The Morgan fingerprint density at radius 1 is 1.22 bits per heavy atom. The number of pyridine rings is 1. The predicted octanol–water partition coefficient (Wildman–Crippen LogP) is 3.07. The van der Waals surface area contributed by atoms with Crippen molar-refractivity contribution in [1.29, 1.82) is 0 Å². The minimum atomic E-state index is -0.00500. The van der Waals surface area contributed by atoms with E-state index in [4.69, 9.17) is 5.73 Å². The lowest BCUT2D eigenvalue weighted by molar-refractivity contribution is 0.300. The molecule has 1 aliphatic rings. The second kappa shape index (κ2) is 4.97. The highest BCUT2D eigenvalue weighted by Crippen LogP contribution is 2.32. The normalized spacial score (nSPS) is 19.2. The molecular formula is C13H17BrN4. The van der Waals surface area contributed by atoms with Gasteiger partial charge in [-0.2, -0.15) is 0 Å². The van der Waals surface area contributed by atoms with Crippen LogP contribution in [0.3, 0.4) is 0 Å². The highest BCUT2D eigenvalue weighted by molar-refractivity contribution is 9.10. The summed E-state index contributed by atoms with van der Waals surface area (Å²) < 4.78 is 3.02. The second-order valence-electron chi connectivity index (χ2n) is 5.06. The summed E-state index contributed by atoms with van der Waals surface area (Å²) in [5.41, 5.74) is 7.25. The van der Waals surface area contributed by atoms with E-state index in [1.807, 2.05) is 22.7 Å². The number of aromatic nitrogens is 3. The summed E-state index contributed by atoms with van der Waals surface area (Å²) in [5.74, 6) is 1.43. The van der Waals surface area contributed by atoms with Crippen molar-refractivity contribution in [1.82, 2.24) is 14.6 Å². The molecule has 96 valence electrons. The van der Waals surface area contributed by atoms with Crippen molar-refractivity contribution in [2.45, 2.75) is 38.1 Å². The molecule has 1 saturated carbocycles. The van der Waals surface area contributed by atoms with Gasteiger partial charge in [0.15, 0.2) is 11.5 Å². The number of nitrogens with two attached hydrogens (primary N) is 1. The van der Waals surface area contributed by atoms with Crippen LogP contribution in [-0.2, 0) is 0 Å². The van der Waals surface area contributed by atoms with E-state index in [2.05, 4.69) is 26.1 Å². The van der Waals surface area contributed by atoms with E-state index >= 15 is 0 Å². The van der Waals surface area contributed by atoms with Crippen LogP contribution in [-0.4, -0.2) is 14.6 Å². The highest BCUT2D eigenvalue weighted by atomic mass is 79.9. The van der Waals surface area contributed by atoms with Gasteiger partial charge in [-0.15, -0.1) is 10.2 Å². The molecule has 1 unspecified atom stereocenters. The maximum atomic E-state index is 6.39. The van der Waals surface area contributed by atoms with Gasteiger partial charge in [-0.1, -0.05) is 19.3 Å². The number of hydrogen-bond donors (Lipinski definition) is 1. The molecule has 2 N–H and O–H groups in total. The Morgan fingerprint density at radius 2 is 2.00 bits per heavy atom. The predicted molar refractivity (Wildman–Crippen MR) is 74.2 cm³/mol. The van der Waals surface area contributed by atoms with Gasteiger partial charge in [0.2, 0.25) is 0 Å². The maximum absolute atomic E-state index is 6.39. The number of hydrogen-bond acceptors (Lipinski definition) is 3. The smallest absolute Gasteiger partial charge is 0.160 e. The summed E-state index contributed by atoms with van der Waals surface area (Å²) in [6, 6.07) is 3.92. The van der Waals surface area contributed by atoms with Gasteiger partial charge in [0, 0.05) is 10.7 Å². The van der Waals surface area contributed by atoms with Crippen LogP contribution in [0, 0.1) is 5.92 Å². The molecule has 4 nitrogen and oxygen atoms in total. The maximum Gasteiger partial charge on any atom is 0.160 e. The molecule has 1 atom stereocenters. The minimum absolute atomic E-state index is 0.00500. The molecule has 18 heavy (non-hydrogen) atoms. The average molecular weight is 309 g/mol. The Hall–Kier alpha value is -0.940. The van der Waals surface area contributed by atoms with Gasteiger partial charge in [-0.05, 0) is 46.8 Å². The SMILES string of the molecule is NC(c1nnc2ccc(Br)cn12)C1CCCCC1. The largest absolute Gasteiger partial charge is 0.321 e. The molecule has 1 fully saturated rings. The van der Waals surface area contributed by atoms with Gasteiger partial charge in [0.1, 0.15) is 0 Å². The molecule has 0 aliphatic heterocycles. The monoisotopic (exact) mass is 308 g/mol. The molecule has 2 aromatic heterocycles. The van der Waals surface area contributed by atoms with Crippen LogP contribution in [0.25, 0.3) is 5.65 Å².